The van der Waals surface area contributed by atoms with Crippen molar-refractivity contribution in [1.82, 2.24) is 14.5 Å². The molecule has 3 aromatic rings. The SMILES string of the molecule is CCCC(NC(=O)Oc1ccc(-c2ccccc2)s1)C(=O)N1CCC2C1C(=O)CN2S(=O)(=O)c1ccc[n+]([O-])c1. The number of nitrogens with one attached hydrogen (secondary N) is 1. The van der Waals surface area contributed by atoms with Gasteiger partial charge < -0.3 is 20.2 Å². The maximum Gasteiger partial charge on any atom is 0.414 e. The molecule has 1 aromatic carbocycles. The maximum atomic E-state index is 13.6. The van der Waals surface area contributed by atoms with Crippen LogP contribution in [0.3, 0.4) is 0 Å². The molecule has 11 nitrogen and oxygen atoms in total. The van der Waals surface area contributed by atoms with Crippen LogP contribution in [0.5, 0.6) is 5.06 Å². The Balaban J connectivity index is 1.27. The number of carbonyl (C=O) groups is 3. The molecule has 4 heterocycles. The van der Waals surface area contributed by atoms with Crippen molar-refractivity contribution in [3.05, 3.63) is 72.2 Å². The van der Waals surface area contributed by atoms with Crippen LogP contribution in [0, 0.1) is 5.21 Å². The molecule has 3 atom stereocenters. The summed E-state index contributed by atoms with van der Waals surface area (Å²) >= 11 is 1.30. The molecule has 2 aromatic heterocycles. The third kappa shape index (κ3) is 5.44. The summed E-state index contributed by atoms with van der Waals surface area (Å²) in [6.07, 6.45) is 2.46. The lowest BCUT2D eigenvalue weighted by atomic mass is 10.1. The summed E-state index contributed by atoms with van der Waals surface area (Å²) in [5.74, 6) is -0.873. The second-order valence-electron chi connectivity index (χ2n) is 9.61. The van der Waals surface area contributed by atoms with E-state index in [1.54, 1.807) is 6.07 Å². The fourth-order valence-electron chi connectivity index (χ4n) is 5.20. The van der Waals surface area contributed by atoms with Crippen LogP contribution < -0.4 is 14.8 Å². The molecule has 3 unspecified atom stereocenters. The van der Waals surface area contributed by atoms with E-state index in [2.05, 4.69) is 5.32 Å². The molecule has 0 saturated carbocycles. The minimum Gasteiger partial charge on any atom is -0.619 e. The summed E-state index contributed by atoms with van der Waals surface area (Å²) in [4.78, 5) is 41.4. The number of pyridine rings is 1. The standard InChI is InChI=1S/C27H28N4O7S2/c1-2-7-20(28-27(34)38-24-12-11-23(39-24)18-8-4-3-5-9-18)26(33)30-15-13-21-25(30)22(32)17-31(21)40(36,37)19-10-6-14-29(35)16-19/h3-6,8-12,14,16,20-21,25H,2,7,13,15,17H2,1H3,(H,28,34). The molecule has 1 N–H and O–H groups in total. The molecule has 13 heteroatoms. The van der Waals surface area contributed by atoms with Crippen LogP contribution >= 0.6 is 11.3 Å². The summed E-state index contributed by atoms with van der Waals surface area (Å²) < 4.78 is 33.4. The van der Waals surface area contributed by atoms with Gasteiger partial charge in [0.2, 0.25) is 15.9 Å². The number of sulfonamides is 1. The van der Waals surface area contributed by atoms with Crippen molar-refractivity contribution in [2.75, 3.05) is 13.1 Å². The summed E-state index contributed by atoms with van der Waals surface area (Å²) in [6, 6.07) is 13.1. The van der Waals surface area contributed by atoms with Gasteiger partial charge in [-0.25, -0.2) is 13.2 Å². The predicted molar refractivity (Wildman–Crippen MR) is 146 cm³/mol. The van der Waals surface area contributed by atoms with Gasteiger partial charge in [-0.05, 0) is 36.6 Å². The van der Waals surface area contributed by atoms with Gasteiger partial charge in [0.25, 0.3) is 0 Å². The lowest BCUT2D eigenvalue weighted by molar-refractivity contribution is -0.607. The molecule has 2 aliphatic rings. The second-order valence-corrected chi connectivity index (χ2v) is 12.5. The quantitative estimate of drug-likeness (QED) is 0.317. The number of amides is 2. The van der Waals surface area contributed by atoms with Crippen LogP contribution in [0.25, 0.3) is 10.4 Å². The first-order chi connectivity index (χ1) is 19.2. The first-order valence-electron chi connectivity index (χ1n) is 12.9. The Morgan fingerprint density at radius 2 is 1.95 bits per heavy atom. The zero-order chi connectivity index (χ0) is 28.4. The van der Waals surface area contributed by atoms with Gasteiger partial charge >= 0.3 is 6.09 Å². The van der Waals surface area contributed by atoms with Crippen molar-refractivity contribution in [2.24, 2.45) is 0 Å². The van der Waals surface area contributed by atoms with Crippen LogP contribution in [0.2, 0.25) is 0 Å². The van der Waals surface area contributed by atoms with E-state index in [1.807, 2.05) is 43.3 Å². The van der Waals surface area contributed by atoms with Crippen molar-refractivity contribution >= 4 is 39.1 Å². The molecule has 5 rings (SSSR count). The predicted octanol–water partition coefficient (Wildman–Crippen LogP) is 2.55. The molecule has 2 aliphatic heterocycles. The average molecular weight is 585 g/mol. The van der Waals surface area contributed by atoms with Crippen molar-refractivity contribution in [3.63, 3.8) is 0 Å². The molecule has 210 valence electrons. The number of nitrogens with zero attached hydrogens (tertiary/aromatic N) is 3. The van der Waals surface area contributed by atoms with E-state index in [4.69, 9.17) is 4.74 Å². The number of ketones is 1. The van der Waals surface area contributed by atoms with Crippen LogP contribution in [-0.2, 0) is 19.6 Å². The first-order valence-corrected chi connectivity index (χ1v) is 15.1. The molecule has 2 saturated heterocycles. The molecule has 2 fully saturated rings. The zero-order valence-corrected chi connectivity index (χ0v) is 23.3. The number of fused-ring (bicyclic) bond motifs is 1. The highest BCUT2D eigenvalue weighted by Crippen LogP contribution is 2.35. The smallest absolute Gasteiger partial charge is 0.414 e. The average Bonchev–Trinajstić information content (AvgIpc) is 3.66. The Bertz CT molecular complexity index is 1530. The van der Waals surface area contributed by atoms with E-state index >= 15 is 0 Å². The number of aromatic nitrogens is 1. The highest BCUT2D eigenvalue weighted by molar-refractivity contribution is 7.89. The number of Topliss-reactive ketones (excluding diaryl/α,β-unsaturated/α-hetero) is 1. The van der Waals surface area contributed by atoms with Crippen LogP contribution in [0.4, 0.5) is 4.79 Å². The van der Waals surface area contributed by atoms with Crippen molar-refractivity contribution < 1.29 is 32.3 Å². The Hall–Kier alpha value is -3.81. The topological polar surface area (TPSA) is 140 Å². The highest BCUT2D eigenvalue weighted by atomic mass is 32.2. The van der Waals surface area contributed by atoms with Gasteiger partial charge in [0.1, 0.15) is 17.0 Å². The number of hydrogen-bond acceptors (Lipinski definition) is 8. The summed E-state index contributed by atoms with van der Waals surface area (Å²) in [5, 5.41) is 14.7. The minimum atomic E-state index is -4.13. The van der Waals surface area contributed by atoms with E-state index in [0.29, 0.717) is 22.6 Å². The van der Waals surface area contributed by atoms with Crippen molar-refractivity contribution in [2.45, 2.75) is 49.2 Å². The van der Waals surface area contributed by atoms with E-state index in [-0.39, 0.29) is 17.9 Å². The fourth-order valence-corrected chi connectivity index (χ4v) is 7.70. The fraction of sp³-hybridized carbons (Fsp3) is 0.333. The molecule has 0 bridgehead atoms. The molecule has 40 heavy (non-hydrogen) atoms. The zero-order valence-electron chi connectivity index (χ0n) is 21.6. The lowest BCUT2D eigenvalue weighted by Crippen LogP contribution is -2.53. The second kappa shape index (κ2) is 11.4. The summed E-state index contributed by atoms with van der Waals surface area (Å²) in [6.45, 7) is 1.62. The van der Waals surface area contributed by atoms with E-state index in [0.717, 1.165) is 20.9 Å². The number of benzene rings is 1. The molecule has 0 aliphatic carbocycles. The van der Waals surface area contributed by atoms with E-state index in [1.165, 1.54) is 34.6 Å². The van der Waals surface area contributed by atoms with Crippen LogP contribution in [0.1, 0.15) is 26.2 Å². The third-order valence-corrected chi connectivity index (χ3v) is 9.88. The Morgan fingerprint density at radius 3 is 2.67 bits per heavy atom. The van der Waals surface area contributed by atoms with Gasteiger partial charge in [-0.3, -0.25) is 9.59 Å². The summed E-state index contributed by atoms with van der Waals surface area (Å²) in [7, 11) is -4.13. The van der Waals surface area contributed by atoms with E-state index < -0.39 is 52.5 Å². The molecular weight excluding hydrogens is 556 g/mol. The number of ether oxygens (including phenoxy) is 1. The normalized spacial score (nSPS) is 19.8. The Morgan fingerprint density at radius 1 is 1.18 bits per heavy atom. The number of likely N-dealkylation sites (tertiary alicyclic amines) is 1. The highest BCUT2D eigenvalue weighted by Gasteiger charge is 2.54. The van der Waals surface area contributed by atoms with Gasteiger partial charge in [0, 0.05) is 17.5 Å². The molecule has 0 spiro atoms. The van der Waals surface area contributed by atoms with Gasteiger partial charge in [0.15, 0.2) is 23.2 Å². The monoisotopic (exact) mass is 584 g/mol. The number of carbonyl (C=O) groups excluding carboxylic acids is 3. The van der Waals surface area contributed by atoms with Gasteiger partial charge in [0.05, 0.1) is 12.6 Å². The molecule has 0 radical (unpaired) electrons. The lowest BCUT2D eigenvalue weighted by Gasteiger charge is -2.28. The maximum absolute atomic E-state index is 13.6. The molecule has 2 amide bonds. The first kappa shape index (κ1) is 27.7. The van der Waals surface area contributed by atoms with E-state index in [9.17, 15) is 28.0 Å². The largest absolute Gasteiger partial charge is 0.619 e. The van der Waals surface area contributed by atoms with Gasteiger partial charge in [-0.2, -0.15) is 9.04 Å². The number of hydrogen-bond donors (Lipinski definition) is 1. The minimum absolute atomic E-state index is 0.157. The van der Waals surface area contributed by atoms with Crippen LogP contribution in [-0.4, -0.2) is 66.6 Å². The van der Waals surface area contributed by atoms with Crippen molar-refractivity contribution in [3.8, 4) is 15.5 Å². The summed E-state index contributed by atoms with van der Waals surface area (Å²) in [5.41, 5.74) is 0.988. The number of rotatable bonds is 8. The van der Waals surface area contributed by atoms with Crippen LogP contribution in [0.15, 0.2) is 71.9 Å². The Labute approximate surface area is 235 Å². The Kier molecular flexibility index (Phi) is 7.88. The van der Waals surface area contributed by atoms with Gasteiger partial charge in [-0.15, -0.1) is 0 Å². The number of thiophene rings is 1. The third-order valence-electron chi connectivity index (χ3n) is 7.02. The van der Waals surface area contributed by atoms with Crippen molar-refractivity contribution in [1.29, 1.82) is 0 Å². The molecular formula is C27H28N4O7S2. The van der Waals surface area contributed by atoms with Gasteiger partial charge in [-0.1, -0.05) is 55.0 Å².